The first-order valence-electron chi connectivity index (χ1n) is 9.28. The van der Waals surface area contributed by atoms with E-state index < -0.39 is 0 Å². The summed E-state index contributed by atoms with van der Waals surface area (Å²) in [6, 6.07) is 5.91. The lowest BCUT2D eigenvalue weighted by Crippen LogP contribution is -2.48. The predicted octanol–water partition coefficient (Wildman–Crippen LogP) is 4.12. The number of hydrogen-bond acceptors (Lipinski definition) is 2. The van der Waals surface area contributed by atoms with E-state index in [1.54, 1.807) is 16.9 Å². The fourth-order valence-corrected chi connectivity index (χ4v) is 4.50. The maximum Gasteiger partial charge on any atom is 0.322 e. The number of anilines is 1. The van der Waals surface area contributed by atoms with E-state index in [9.17, 15) is 9.18 Å². The first-order chi connectivity index (χ1) is 12.4. The van der Waals surface area contributed by atoms with Gasteiger partial charge >= 0.3 is 6.03 Å². The van der Waals surface area contributed by atoms with E-state index in [0.717, 1.165) is 37.1 Å². The molecule has 0 spiro atoms. The van der Waals surface area contributed by atoms with Crippen molar-refractivity contribution < 1.29 is 9.18 Å². The number of carbonyl (C=O) groups is 1. The van der Waals surface area contributed by atoms with Crippen LogP contribution in [0.1, 0.15) is 48.4 Å². The van der Waals surface area contributed by atoms with E-state index in [-0.39, 0.29) is 23.9 Å². The number of hydrogen-bond donors (Lipinski definition) is 1. The van der Waals surface area contributed by atoms with Crippen LogP contribution in [0.3, 0.4) is 0 Å². The highest BCUT2D eigenvalue weighted by atomic mass is 19.1. The largest absolute Gasteiger partial charge is 0.322 e. The van der Waals surface area contributed by atoms with Gasteiger partial charge in [-0.15, -0.1) is 0 Å². The summed E-state index contributed by atoms with van der Waals surface area (Å²) in [5.74, 6) is 0.247. The summed E-state index contributed by atoms with van der Waals surface area (Å²) in [6.45, 7) is 3.76. The summed E-state index contributed by atoms with van der Waals surface area (Å²) in [5.41, 5.74) is 3.61. The summed E-state index contributed by atoms with van der Waals surface area (Å²) < 4.78 is 15.3. The second-order valence-corrected chi connectivity index (χ2v) is 7.67. The molecule has 1 aromatic heterocycles. The Balaban J connectivity index is 1.49. The van der Waals surface area contributed by atoms with Crippen LogP contribution in [0.4, 0.5) is 14.9 Å². The first kappa shape index (κ1) is 17.1. The molecule has 5 nitrogen and oxygen atoms in total. The lowest BCUT2D eigenvalue weighted by molar-refractivity contribution is 0.149. The van der Waals surface area contributed by atoms with Crippen molar-refractivity contribution in [1.82, 2.24) is 14.7 Å². The summed E-state index contributed by atoms with van der Waals surface area (Å²) >= 11 is 0. The number of amides is 2. The number of nitrogens with zero attached hydrogens (tertiary/aromatic N) is 3. The number of rotatable bonds is 2. The maximum atomic E-state index is 13.6. The Morgan fingerprint density at radius 1 is 1.23 bits per heavy atom. The molecule has 2 aliphatic heterocycles. The quantitative estimate of drug-likeness (QED) is 0.880. The van der Waals surface area contributed by atoms with Gasteiger partial charge < -0.3 is 10.2 Å². The van der Waals surface area contributed by atoms with Crippen molar-refractivity contribution in [1.29, 1.82) is 0 Å². The molecule has 1 aromatic carbocycles. The third-order valence-corrected chi connectivity index (χ3v) is 6.10. The number of fused-ring (bicyclic) bond motifs is 2. The average molecular weight is 356 g/mol. The molecule has 2 saturated heterocycles. The van der Waals surface area contributed by atoms with Crippen molar-refractivity contribution in [3.8, 4) is 0 Å². The molecule has 3 atom stereocenters. The highest BCUT2D eigenvalue weighted by Crippen LogP contribution is 2.43. The lowest BCUT2D eigenvalue weighted by Gasteiger charge is -2.39. The van der Waals surface area contributed by atoms with Gasteiger partial charge in [0, 0.05) is 19.1 Å². The molecule has 1 N–H and O–H groups in total. The van der Waals surface area contributed by atoms with E-state index in [1.165, 1.54) is 5.56 Å². The summed E-state index contributed by atoms with van der Waals surface area (Å²) in [5, 5.41) is 7.21. The van der Waals surface area contributed by atoms with E-state index >= 15 is 0 Å². The standard InChI is InChI=1S/C20H25FN4O/c1-12-8-14(4-7-18(12)21)15-9-16-5-6-17(10-15)25(16)20(26)23-19-11-22-24(3)13(19)2/h4,7-8,11,15-17H,5-6,9-10H2,1-3H3,(H,23,26)/t15?,16-,17+. The number of piperidine rings is 1. The number of carbonyl (C=O) groups excluding carboxylic acids is 1. The Labute approximate surface area is 153 Å². The molecule has 0 saturated carbocycles. The molecule has 26 heavy (non-hydrogen) atoms. The van der Waals surface area contributed by atoms with Gasteiger partial charge in [0.1, 0.15) is 5.82 Å². The van der Waals surface area contributed by atoms with Gasteiger partial charge in [-0.1, -0.05) is 12.1 Å². The highest BCUT2D eigenvalue weighted by molar-refractivity contribution is 5.90. The molecular formula is C20H25FN4O. The van der Waals surface area contributed by atoms with Crippen LogP contribution in [0.25, 0.3) is 0 Å². The second-order valence-electron chi connectivity index (χ2n) is 7.67. The summed E-state index contributed by atoms with van der Waals surface area (Å²) in [7, 11) is 1.87. The second kappa shape index (κ2) is 6.41. The van der Waals surface area contributed by atoms with E-state index in [2.05, 4.69) is 10.4 Å². The van der Waals surface area contributed by atoms with Crippen LogP contribution < -0.4 is 5.32 Å². The van der Waals surface area contributed by atoms with E-state index in [0.29, 0.717) is 11.5 Å². The Morgan fingerprint density at radius 2 is 1.92 bits per heavy atom. The Bertz CT molecular complexity index is 832. The summed E-state index contributed by atoms with van der Waals surface area (Å²) in [4.78, 5) is 14.9. The fourth-order valence-electron chi connectivity index (χ4n) is 4.50. The highest BCUT2D eigenvalue weighted by Gasteiger charge is 2.43. The predicted molar refractivity (Wildman–Crippen MR) is 98.7 cm³/mol. The zero-order valence-electron chi connectivity index (χ0n) is 15.5. The van der Waals surface area contributed by atoms with Crippen LogP contribution in [-0.4, -0.2) is 32.8 Å². The minimum Gasteiger partial charge on any atom is -0.319 e. The Morgan fingerprint density at radius 3 is 2.50 bits per heavy atom. The smallest absolute Gasteiger partial charge is 0.319 e. The molecule has 138 valence electrons. The van der Waals surface area contributed by atoms with Gasteiger partial charge in [0.25, 0.3) is 0 Å². The van der Waals surface area contributed by atoms with Crippen LogP contribution in [0.15, 0.2) is 24.4 Å². The molecule has 0 aliphatic carbocycles. The van der Waals surface area contributed by atoms with Gasteiger partial charge in [-0.2, -0.15) is 5.10 Å². The van der Waals surface area contributed by atoms with Crippen molar-refractivity contribution in [3.05, 3.63) is 47.0 Å². The molecule has 2 aliphatic rings. The van der Waals surface area contributed by atoms with Crippen LogP contribution in [-0.2, 0) is 7.05 Å². The zero-order chi connectivity index (χ0) is 18.4. The normalized spacial score (nSPS) is 24.8. The number of halogens is 1. The SMILES string of the molecule is Cc1cc(C2C[C@H]3CC[C@@H](C2)N3C(=O)Nc2cnn(C)c2C)ccc1F. The van der Waals surface area contributed by atoms with Gasteiger partial charge in [0.15, 0.2) is 0 Å². The topological polar surface area (TPSA) is 50.2 Å². The molecule has 1 unspecified atom stereocenters. The minimum atomic E-state index is -0.152. The number of aromatic nitrogens is 2. The van der Waals surface area contributed by atoms with Crippen molar-refractivity contribution in [3.63, 3.8) is 0 Å². The first-order valence-corrected chi connectivity index (χ1v) is 9.28. The van der Waals surface area contributed by atoms with Gasteiger partial charge in [-0.3, -0.25) is 4.68 Å². The van der Waals surface area contributed by atoms with Crippen molar-refractivity contribution >= 4 is 11.7 Å². The van der Waals surface area contributed by atoms with Gasteiger partial charge in [0.2, 0.25) is 0 Å². The van der Waals surface area contributed by atoms with Crippen LogP contribution in [0.5, 0.6) is 0 Å². The van der Waals surface area contributed by atoms with Crippen LogP contribution >= 0.6 is 0 Å². The molecule has 6 heteroatoms. The monoisotopic (exact) mass is 356 g/mol. The van der Waals surface area contributed by atoms with E-state index in [1.807, 2.05) is 37.9 Å². The summed E-state index contributed by atoms with van der Waals surface area (Å²) in [6.07, 6.45) is 5.67. The molecular weight excluding hydrogens is 331 g/mol. The van der Waals surface area contributed by atoms with Crippen molar-refractivity contribution in [2.75, 3.05) is 5.32 Å². The van der Waals surface area contributed by atoms with Crippen LogP contribution in [0, 0.1) is 19.7 Å². The molecule has 0 radical (unpaired) electrons. The maximum absolute atomic E-state index is 13.6. The Hall–Kier alpha value is -2.37. The molecule has 3 heterocycles. The third kappa shape index (κ3) is 2.87. The van der Waals surface area contributed by atoms with Gasteiger partial charge in [-0.05, 0) is 62.6 Å². The molecule has 2 amide bonds. The van der Waals surface area contributed by atoms with E-state index in [4.69, 9.17) is 0 Å². The molecule has 2 aromatic rings. The Kier molecular flexibility index (Phi) is 4.21. The fraction of sp³-hybridized carbons (Fsp3) is 0.500. The molecule has 2 bridgehead atoms. The van der Waals surface area contributed by atoms with Gasteiger partial charge in [-0.25, -0.2) is 9.18 Å². The van der Waals surface area contributed by atoms with Gasteiger partial charge in [0.05, 0.1) is 17.6 Å². The van der Waals surface area contributed by atoms with Crippen molar-refractivity contribution in [2.24, 2.45) is 7.05 Å². The zero-order valence-corrected chi connectivity index (χ0v) is 15.5. The number of nitrogens with one attached hydrogen (secondary N) is 1. The van der Waals surface area contributed by atoms with Crippen molar-refractivity contribution in [2.45, 2.75) is 57.5 Å². The number of aryl methyl sites for hydroxylation is 2. The molecule has 2 fully saturated rings. The molecule has 4 rings (SSSR count). The number of urea groups is 1. The average Bonchev–Trinajstić information content (AvgIpc) is 3.07. The number of benzene rings is 1. The van der Waals surface area contributed by atoms with Crippen LogP contribution in [0.2, 0.25) is 0 Å². The minimum absolute atomic E-state index is 0.0256. The third-order valence-electron chi connectivity index (χ3n) is 6.10. The lowest BCUT2D eigenvalue weighted by atomic mass is 9.84.